The van der Waals surface area contributed by atoms with E-state index in [9.17, 15) is 4.79 Å². The van der Waals surface area contributed by atoms with Crippen LogP contribution < -0.4 is 10.5 Å². The number of nitrogens with zero attached hydrogens (tertiary/aromatic N) is 6. The minimum Gasteiger partial charge on any atom is -0.379 e. The Bertz CT molecular complexity index is 935. The summed E-state index contributed by atoms with van der Waals surface area (Å²) in [5.41, 5.74) is 0.957. The second-order valence-corrected chi connectivity index (χ2v) is 9.10. The fraction of sp³-hybridized carbons (Fsp3) is 0.714. The molecule has 162 valence electrons. The molecule has 4 atom stereocenters. The number of fused-ring (bicyclic) bond motifs is 1. The zero-order valence-electron chi connectivity index (χ0n) is 17.8. The summed E-state index contributed by atoms with van der Waals surface area (Å²) in [5.74, 6) is 2.52. The summed E-state index contributed by atoms with van der Waals surface area (Å²) in [6.45, 7) is 6.87. The number of aromatic amines is 1. The topological polar surface area (TPSA) is 92.2 Å². The fourth-order valence-corrected chi connectivity index (χ4v) is 5.55. The van der Waals surface area contributed by atoms with Gasteiger partial charge in [-0.2, -0.15) is 0 Å². The molecule has 0 spiro atoms. The van der Waals surface area contributed by atoms with E-state index < -0.39 is 0 Å². The van der Waals surface area contributed by atoms with Crippen LogP contribution in [0.2, 0.25) is 0 Å². The van der Waals surface area contributed by atoms with E-state index in [1.807, 2.05) is 11.6 Å². The lowest BCUT2D eigenvalue weighted by Gasteiger charge is -2.36. The maximum Gasteiger partial charge on any atom is 0.252 e. The maximum absolute atomic E-state index is 11.9. The van der Waals surface area contributed by atoms with Crippen LogP contribution >= 0.6 is 0 Å². The molecule has 1 saturated carbocycles. The van der Waals surface area contributed by atoms with Gasteiger partial charge < -0.3 is 14.6 Å². The van der Waals surface area contributed by atoms with Gasteiger partial charge in [0, 0.05) is 32.8 Å². The molecule has 2 aliphatic heterocycles. The summed E-state index contributed by atoms with van der Waals surface area (Å²) >= 11 is 0. The first kappa shape index (κ1) is 19.7. The van der Waals surface area contributed by atoms with Crippen LogP contribution in [0, 0.1) is 18.8 Å². The summed E-state index contributed by atoms with van der Waals surface area (Å²) < 4.78 is 7.94. The molecule has 2 saturated heterocycles. The second-order valence-electron chi connectivity index (χ2n) is 9.10. The van der Waals surface area contributed by atoms with Crippen molar-refractivity contribution >= 4 is 5.82 Å². The molecule has 5 rings (SSSR count). The number of anilines is 1. The summed E-state index contributed by atoms with van der Waals surface area (Å²) in [6.07, 6.45) is 6.80. The SMILES string of the molecule is CO[C@@H]1C[C@H]2CN(c3cc(=O)[nH]c(C)n3)C[C@H]2C[C@H]1n1cc(CN2CCCC2)nn1. The highest BCUT2D eigenvalue weighted by Gasteiger charge is 2.44. The van der Waals surface area contributed by atoms with E-state index in [1.54, 1.807) is 13.2 Å². The molecule has 9 heteroatoms. The Morgan fingerprint density at radius 3 is 2.70 bits per heavy atom. The van der Waals surface area contributed by atoms with Gasteiger partial charge in [0.1, 0.15) is 11.6 Å². The van der Waals surface area contributed by atoms with Crippen molar-refractivity contribution < 1.29 is 4.74 Å². The third-order valence-corrected chi connectivity index (χ3v) is 7.04. The first-order valence-corrected chi connectivity index (χ1v) is 11.1. The smallest absolute Gasteiger partial charge is 0.252 e. The van der Waals surface area contributed by atoms with E-state index in [-0.39, 0.29) is 17.7 Å². The van der Waals surface area contributed by atoms with Crippen LogP contribution in [0.5, 0.6) is 0 Å². The lowest BCUT2D eigenvalue weighted by atomic mass is 9.77. The van der Waals surface area contributed by atoms with E-state index in [0.29, 0.717) is 17.7 Å². The van der Waals surface area contributed by atoms with Gasteiger partial charge in [0.25, 0.3) is 5.56 Å². The molecular formula is C21H31N7O2. The van der Waals surface area contributed by atoms with E-state index in [1.165, 1.54) is 12.8 Å². The molecule has 4 heterocycles. The highest BCUT2D eigenvalue weighted by Crippen LogP contribution is 2.43. The van der Waals surface area contributed by atoms with Gasteiger partial charge in [-0.3, -0.25) is 9.69 Å². The molecule has 2 aromatic heterocycles. The predicted octanol–water partition coefficient (Wildman–Crippen LogP) is 1.37. The molecule has 0 bridgehead atoms. The number of H-pyrrole nitrogens is 1. The molecule has 0 aromatic carbocycles. The maximum atomic E-state index is 11.9. The first-order chi connectivity index (χ1) is 14.6. The summed E-state index contributed by atoms with van der Waals surface area (Å²) in [5, 5.41) is 8.93. The Labute approximate surface area is 176 Å². The Balaban J connectivity index is 1.30. The summed E-state index contributed by atoms with van der Waals surface area (Å²) in [6, 6.07) is 1.81. The number of hydrogen-bond donors (Lipinski definition) is 1. The van der Waals surface area contributed by atoms with Crippen molar-refractivity contribution in [3.05, 3.63) is 34.1 Å². The van der Waals surface area contributed by atoms with Crippen molar-refractivity contribution in [1.29, 1.82) is 0 Å². The lowest BCUT2D eigenvalue weighted by Crippen LogP contribution is -2.37. The van der Waals surface area contributed by atoms with Crippen molar-refractivity contribution in [3.63, 3.8) is 0 Å². The largest absolute Gasteiger partial charge is 0.379 e. The number of nitrogens with one attached hydrogen (secondary N) is 1. The van der Waals surface area contributed by atoms with Gasteiger partial charge >= 0.3 is 0 Å². The third kappa shape index (κ3) is 3.88. The molecule has 9 nitrogen and oxygen atoms in total. The molecule has 0 radical (unpaired) electrons. The number of rotatable bonds is 5. The molecule has 0 amide bonds. The van der Waals surface area contributed by atoms with Crippen LogP contribution in [0.15, 0.2) is 17.1 Å². The van der Waals surface area contributed by atoms with Gasteiger partial charge in [-0.05, 0) is 57.5 Å². The van der Waals surface area contributed by atoms with Gasteiger partial charge in [0.15, 0.2) is 0 Å². The van der Waals surface area contributed by atoms with Crippen molar-refractivity contribution in [3.8, 4) is 0 Å². The molecule has 3 fully saturated rings. The minimum atomic E-state index is -0.0897. The third-order valence-electron chi connectivity index (χ3n) is 7.04. The number of hydrogen-bond acceptors (Lipinski definition) is 7. The van der Waals surface area contributed by atoms with Gasteiger partial charge in [0.05, 0.1) is 24.0 Å². The van der Waals surface area contributed by atoms with E-state index in [2.05, 4.69) is 36.3 Å². The van der Waals surface area contributed by atoms with Gasteiger partial charge in [0.2, 0.25) is 0 Å². The fourth-order valence-electron chi connectivity index (χ4n) is 5.55. The predicted molar refractivity (Wildman–Crippen MR) is 112 cm³/mol. The number of aromatic nitrogens is 5. The monoisotopic (exact) mass is 413 g/mol. The van der Waals surface area contributed by atoms with E-state index >= 15 is 0 Å². The van der Waals surface area contributed by atoms with Crippen molar-refractivity contribution in [2.45, 2.75) is 51.3 Å². The standard InChI is InChI=1S/C21H31N7O2/c1-14-22-20(9-21(29)23-14)27-10-15-7-18(19(30-2)8-16(15)11-27)28-13-17(24-25-28)12-26-5-3-4-6-26/h9,13,15-16,18-19H,3-8,10-12H2,1-2H3,(H,22,23,29)/t15-,16+,18-,19-/m1/s1. The first-order valence-electron chi connectivity index (χ1n) is 11.1. The zero-order chi connectivity index (χ0) is 20.7. The van der Waals surface area contributed by atoms with Crippen molar-refractivity contribution in [2.75, 3.05) is 38.2 Å². The van der Waals surface area contributed by atoms with Crippen LogP contribution in [0.25, 0.3) is 0 Å². The highest BCUT2D eigenvalue weighted by atomic mass is 16.5. The second kappa shape index (κ2) is 8.11. The van der Waals surface area contributed by atoms with Gasteiger partial charge in [-0.1, -0.05) is 5.21 Å². The van der Waals surface area contributed by atoms with Crippen LogP contribution in [-0.4, -0.2) is 69.3 Å². The van der Waals surface area contributed by atoms with Gasteiger partial charge in [-0.25, -0.2) is 9.67 Å². The number of aryl methyl sites for hydroxylation is 1. The summed E-state index contributed by atoms with van der Waals surface area (Å²) in [7, 11) is 1.80. The van der Waals surface area contributed by atoms with E-state index in [4.69, 9.17) is 4.74 Å². The highest BCUT2D eigenvalue weighted by molar-refractivity contribution is 5.39. The Hall–Kier alpha value is -2.26. The lowest BCUT2D eigenvalue weighted by molar-refractivity contribution is -0.00543. The quantitative estimate of drug-likeness (QED) is 0.791. The number of likely N-dealkylation sites (tertiary alicyclic amines) is 1. The average molecular weight is 414 g/mol. The van der Waals surface area contributed by atoms with Crippen molar-refractivity contribution in [1.82, 2.24) is 29.9 Å². The van der Waals surface area contributed by atoms with Crippen LogP contribution in [-0.2, 0) is 11.3 Å². The average Bonchev–Trinajstić information content (AvgIpc) is 3.47. The van der Waals surface area contributed by atoms with E-state index in [0.717, 1.165) is 57.1 Å². The molecule has 2 aromatic rings. The normalized spacial score (nSPS) is 29.5. The molecule has 3 aliphatic rings. The zero-order valence-corrected chi connectivity index (χ0v) is 17.8. The Morgan fingerprint density at radius 1 is 1.20 bits per heavy atom. The van der Waals surface area contributed by atoms with Gasteiger partial charge in [-0.15, -0.1) is 5.10 Å². The molecule has 30 heavy (non-hydrogen) atoms. The van der Waals surface area contributed by atoms with Crippen LogP contribution in [0.1, 0.15) is 43.2 Å². The molecule has 1 N–H and O–H groups in total. The Kier molecular flexibility index (Phi) is 5.32. The molecule has 1 aliphatic carbocycles. The number of methoxy groups -OCH3 is 1. The van der Waals surface area contributed by atoms with Crippen LogP contribution in [0.4, 0.5) is 5.82 Å². The minimum absolute atomic E-state index is 0.0897. The molecule has 0 unspecified atom stereocenters. The Morgan fingerprint density at radius 2 is 1.97 bits per heavy atom. The number of ether oxygens (including phenoxy) is 1. The molecular weight excluding hydrogens is 382 g/mol. The summed E-state index contributed by atoms with van der Waals surface area (Å²) in [4.78, 5) is 23.9. The van der Waals surface area contributed by atoms with Crippen LogP contribution in [0.3, 0.4) is 0 Å². The van der Waals surface area contributed by atoms with Crippen molar-refractivity contribution in [2.24, 2.45) is 11.8 Å².